The van der Waals surface area contributed by atoms with Crippen LogP contribution < -0.4 is 0 Å². The predicted octanol–water partition coefficient (Wildman–Crippen LogP) is 30.5. The Labute approximate surface area is 535 Å². The number of hydrogen-bond acceptors (Lipinski definition) is 0. The van der Waals surface area contributed by atoms with Gasteiger partial charge in [-0.3, -0.25) is 0 Å². The van der Waals surface area contributed by atoms with E-state index in [1.807, 2.05) is 55.4 Å². The standard InChI is InChI=1S/C15H32.C10H20.C9H17F3.C9H18.C9H20.C8H18.C7H16.2C6H14/c1-8-12(9-2)14(15(5,6)7)13(10-3)11-4;1-10(2,3)9-7-5-4-6-8-9;1-7(2,3)6-8(4,5)9(10,11)12;1-9(2,3)8-6-4-5-7-8;1-8(2,3)7-9(4,5)6;1-7(2)6-8(3,4)5;1-6(2)7(3,4)5;2*1-5-6(2,3)4/h12-14H,8-11H2,1-7H3;9H,4-8H2,1-3H3;6H2,1-5H3;8H,4-7H2,1-3H3;7H2,1-6H3;7H,6H2,1-5H3;6H,1-5H3;2*5H2,1-4H3/i;;;;;;6D;1D3,5D2;5D2. The van der Waals surface area contributed by atoms with Gasteiger partial charge in [-0.2, -0.15) is 13.2 Å². The predicted molar refractivity (Wildman–Crippen MR) is 379 cm³/mol. The van der Waals surface area contributed by atoms with Crippen molar-refractivity contribution in [3.05, 3.63) is 0 Å². The molecule has 0 unspecified atom stereocenters. The largest absolute Gasteiger partial charge is 0.393 e. The summed E-state index contributed by atoms with van der Waals surface area (Å²) in [4.78, 5) is 0. The quantitative estimate of drug-likeness (QED) is 0.227. The summed E-state index contributed by atoms with van der Waals surface area (Å²) < 4.78 is 94.7. The maximum atomic E-state index is 12.4. The van der Waals surface area contributed by atoms with Crippen LogP contribution in [0.4, 0.5) is 13.2 Å². The van der Waals surface area contributed by atoms with Gasteiger partial charge in [0.05, 0.1) is 5.41 Å². The van der Waals surface area contributed by atoms with Crippen LogP contribution in [0.25, 0.3) is 0 Å². The zero-order valence-corrected chi connectivity index (χ0v) is 64.9. The SMILES string of the molecule is CC(C)(C)C1CCCC1.CC(C)(C)C1CCCCC1.CC(C)(C)CC(C)(C)C.CC(C)(C)CC(C)(C)C(F)(F)F.CC(C)CC(C)(C)C.CCC(CC)C(C(CC)CC)C(C)(C)C.[2H]C(C)(C)C(C)(C)C.[2H]C([2H])(C)C(C)(C)C.[2H]C([2H])([2H])C([2H])([2H])C(C)(C)C. The fourth-order valence-electron chi connectivity index (χ4n) is 11.4. The minimum Gasteiger partial charge on any atom is -0.171 e. The summed E-state index contributed by atoms with van der Waals surface area (Å²) in [6, 6.07) is 0. The van der Waals surface area contributed by atoms with E-state index in [0.717, 1.165) is 35.5 Å². The molecule has 0 atom stereocenters. The third kappa shape index (κ3) is 65.8. The zero-order valence-electron chi connectivity index (χ0n) is 72.9. The Morgan fingerprint density at radius 1 is 0.390 bits per heavy atom. The maximum Gasteiger partial charge on any atom is 0.393 e. The van der Waals surface area contributed by atoms with Gasteiger partial charge in [0.25, 0.3) is 0 Å². The molecule has 0 spiro atoms. The summed E-state index contributed by atoms with van der Waals surface area (Å²) in [7, 11) is 0. The molecule has 2 aliphatic carbocycles. The molecule has 0 aromatic rings. The van der Waals surface area contributed by atoms with Gasteiger partial charge >= 0.3 is 6.18 Å². The van der Waals surface area contributed by atoms with Gasteiger partial charge in [-0.05, 0) is 140 Å². The Morgan fingerprint density at radius 3 is 0.744 bits per heavy atom. The second kappa shape index (κ2) is 41.9. The number of hydrogen-bond donors (Lipinski definition) is 0. The topological polar surface area (TPSA) is 0 Å². The fraction of sp³-hybridized carbons (Fsp3) is 1.00. The van der Waals surface area contributed by atoms with Gasteiger partial charge in [0.15, 0.2) is 0 Å². The summed E-state index contributed by atoms with van der Waals surface area (Å²) in [6.07, 6.45) is 14.1. The molecule has 0 nitrogen and oxygen atoms in total. The average Bonchev–Trinajstić information content (AvgIpc) is 3.80. The molecule has 2 fully saturated rings. The molecule has 0 aliphatic heterocycles. The minimum atomic E-state index is -4.10. The highest BCUT2D eigenvalue weighted by molar-refractivity contribution is 4.85. The van der Waals surface area contributed by atoms with E-state index in [2.05, 4.69) is 187 Å². The highest BCUT2D eigenvalue weighted by Crippen LogP contribution is 2.46. The van der Waals surface area contributed by atoms with E-state index < -0.39 is 36.6 Å². The molecular formula is C79H169F3. The Morgan fingerprint density at radius 2 is 0.659 bits per heavy atom. The van der Waals surface area contributed by atoms with Crippen LogP contribution in [0.1, 0.15) is 417 Å². The molecule has 3 heteroatoms. The van der Waals surface area contributed by atoms with Crippen LogP contribution >= 0.6 is 0 Å². The smallest absolute Gasteiger partial charge is 0.171 e. The van der Waals surface area contributed by atoms with Crippen molar-refractivity contribution in [2.75, 3.05) is 0 Å². The van der Waals surface area contributed by atoms with Gasteiger partial charge in [0.2, 0.25) is 0 Å². The van der Waals surface area contributed by atoms with E-state index in [1.165, 1.54) is 110 Å². The molecule has 0 N–H and O–H groups in total. The van der Waals surface area contributed by atoms with Gasteiger partial charge in [0, 0.05) is 11.0 Å². The van der Waals surface area contributed by atoms with Crippen LogP contribution in [0.5, 0.6) is 0 Å². The second-order valence-corrected chi connectivity index (χ2v) is 37.8. The zero-order chi connectivity index (χ0) is 74.8. The first-order valence-corrected chi connectivity index (χ1v) is 33.8. The van der Waals surface area contributed by atoms with Gasteiger partial charge in [-0.25, -0.2) is 0 Å². The molecular weight excluding hydrogens is 1010 g/mol. The van der Waals surface area contributed by atoms with Crippen LogP contribution in [0.2, 0.25) is 0 Å². The van der Waals surface area contributed by atoms with Gasteiger partial charge < -0.3 is 0 Å². The normalized spacial score (nSPS) is 17.7. The molecule has 2 rings (SSSR count). The van der Waals surface area contributed by atoms with Gasteiger partial charge in [-0.1, -0.05) is 361 Å². The van der Waals surface area contributed by atoms with E-state index in [0.29, 0.717) is 32.5 Å². The van der Waals surface area contributed by atoms with Crippen molar-refractivity contribution in [3.8, 4) is 0 Å². The second-order valence-electron chi connectivity index (χ2n) is 37.8. The van der Waals surface area contributed by atoms with E-state index in [4.69, 9.17) is 11.0 Å². The molecule has 82 heavy (non-hydrogen) atoms. The lowest BCUT2D eigenvalue weighted by Gasteiger charge is -2.42. The molecule has 0 bridgehead atoms. The number of halogens is 3. The average molecular weight is 1180 g/mol. The molecule has 0 saturated heterocycles. The third-order valence-corrected chi connectivity index (χ3v) is 16.0. The molecule has 0 aromatic carbocycles. The van der Waals surface area contributed by atoms with Crippen LogP contribution in [0.15, 0.2) is 0 Å². The highest BCUT2D eigenvalue weighted by atomic mass is 19.4. The Bertz CT molecular complexity index is 1630. The third-order valence-electron chi connectivity index (χ3n) is 16.0. The van der Waals surface area contributed by atoms with Crippen molar-refractivity contribution in [1.82, 2.24) is 0 Å². The Kier molecular flexibility index (Phi) is 39.8. The van der Waals surface area contributed by atoms with Crippen molar-refractivity contribution in [2.24, 2.45) is 101 Å². The molecule has 0 amide bonds. The first-order chi connectivity index (χ1) is 38.7. The van der Waals surface area contributed by atoms with Crippen molar-refractivity contribution in [1.29, 1.82) is 0 Å². The lowest BCUT2D eigenvalue weighted by atomic mass is 9.64. The lowest BCUT2D eigenvalue weighted by molar-refractivity contribution is -0.220. The van der Waals surface area contributed by atoms with Crippen LogP contribution in [-0.2, 0) is 0 Å². The monoisotopic (exact) mass is 1180 g/mol. The maximum absolute atomic E-state index is 12.4. The molecule has 2 aliphatic rings. The van der Waals surface area contributed by atoms with E-state index in [-0.39, 0.29) is 28.6 Å². The molecule has 0 heterocycles. The van der Waals surface area contributed by atoms with Crippen LogP contribution in [-0.4, -0.2) is 6.18 Å². The van der Waals surface area contributed by atoms with E-state index in [9.17, 15) is 13.2 Å². The van der Waals surface area contributed by atoms with Crippen molar-refractivity contribution < 1.29 is 24.1 Å². The lowest BCUT2D eigenvalue weighted by Crippen LogP contribution is -2.35. The first kappa shape index (κ1) is 77.9. The van der Waals surface area contributed by atoms with Crippen molar-refractivity contribution in [2.45, 2.75) is 412 Å². The number of alkyl halides is 3. The summed E-state index contributed by atoms with van der Waals surface area (Å²) in [5.41, 5.74) is 0.275. The minimum absolute atomic E-state index is 0.104. The summed E-state index contributed by atoms with van der Waals surface area (Å²) >= 11 is 0. The fourth-order valence-corrected chi connectivity index (χ4v) is 11.4. The van der Waals surface area contributed by atoms with E-state index in [1.54, 1.807) is 27.7 Å². The summed E-state index contributed by atoms with van der Waals surface area (Å²) in [5.74, 6) is 5.26. The van der Waals surface area contributed by atoms with Crippen molar-refractivity contribution >= 4 is 0 Å². The highest BCUT2D eigenvalue weighted by Gasteiger charge is 2.48. The van der Waals surface area contributed by atoms with Crippen LogP contribution in [0, 0.1) is 101 Å². The Balaban J connectivity index is -0.000000174. The first-order valence-electron chi connectivity index (χ1n) is 37.8. The summed E-state index contributed by atoms with van der Waals surface area (Å²) in [5, 5.41) is 0. The van der Waals surface area contributed by atoms with Crippen molar-refractivity contribution in [3.63, 3.8) is 0 Å². The van der Waals surface area contributed by atoms with Gasteiger partial charge in [-0.15, -0.1) is 0 Å². The molecule has 0 radical (unpaired) electrons. The summed E-state index contributed by atoms with van der Waals surface area (Å²) in [6.45, 7) is 83.6. The van der Waals surface area contributed by atoms with Gasteiger partial charge in [0.1, 0.15) is 0 Å². The molecule has 0 aromatic heterocycles. The Hall–Kier alpha value is -0.210. The molecule has 2 saturated carbocycles. The molecule has 506 valence electrons. The van der Waals surface area contributed by atoms with Crippen LogP contribution in [0.3, 0.4) is 0 Å². The number of rotatable bonds is 8. The van der Waals surface area contributed by atoms with E-state index >= 15 is 0 Å².